The van der Waals surface area contributed by atoms with Gasteiger partial charge in [0, 0.05) is 32.0 Å². The van der Waals surface area contributed by atoms with Gasteiger partial charge in [0.1, 0.15) is 0 Å². The van der Waals surface area contributed by atoms with E-state index >= 15 is 0 Å². The van der Waals surface area contributed by atoms with Crippen molar-refractivity contribution in [1.29, 1.82) is 0 Å². The molecule has 0 bridgehead atoms. The van der Waals surface area contributed by atoms with Crippen molar-refractivity contribution in [3.8, 4) is 0 Å². The standard InChI is InChI=1S/C15H26N4O2/c1-4-6-17-14-5-7-16-12-13(14)15(20)18-8-10-21-11-9-19(2)3/h5,7,12H,4,6,8-11H2,1-3H3,(H,16,17)(H,18,20). The van der Waals surface area contributed by atoms with E-state index in [9.17, 15) is 4.79 Å². The maximum Gasteiger partial charge on any atom is 0.255 e. The van der Waals surface area contributed by atoms with Gasteiger partial charge >= 0.3 is 0 Å². The third-order valence-corrected chi connectivity index (χ3v) is 2.85. The summed E-state index contributed by atoms with van der Waals surface area (Å²) in [4.78, 5) is 18.2. The molecule has 1 aromatic heterocycles. The number of aromatic nitrogens is 1. The molecule has 0 atom stereocenters. The van der Waals surface area contributed by atoms with E-state index in [1.165, 1.54) is 0 Å². The number of pyridine rings is 1. The first-order valence-corrected chi connectivity index (χ1v) is 7.33. The van der Waals surface area contributed by atoms with E-state index in [4.69, 9.17) is 4.74 Å². The van der Waals surface area contributed by atoms with Crippen LogP contribution in [0.2, 0.25) is 0 Å². The van der Waals surface area contributed by atoms with Crippen molar-refractivity contribution in [1.82, 2.24) is 15.2 Å². The summed E-state index contributed by atoms with van der Waals surface area (Å²) in [5.41, 5.74) is 1.39. The number of anilines is 1. The van der Waals surface area contributed by atoms with Crippen LogP contribution in [-0.2, 0) is 4.74 Å². The highest BCUT2D eigenvalue weighted by Crippen LogP contribution is 2.13. The van der Waals surface area contributed by atoms with Gasteiger partial charge in [0.25, 0.3) is 5.91 Å². The first kappa shape index (κ1) is 17.4. The first-order valence-electron chi connectivity index (χ1n) is 7.33. The predicted octanol–water partition coefficient (Wildman–Crippen LogP) is 1.21. The lowest BCUT2D eigenvalue weighted by Crippen LogP contribution is -2.29. The molecule has 6 heteroatoms. The highest BCUT2D eigenvalue weighted by atomic mass is 16.5. The van der Waals surface area contributed by atoms with Gasteiger partial charge < -0.3 is 20.3 Å². The third-order valence-electron chi connectivity index (χ3n) is 2.85. The molecule has 118 valence electrons. The molecule has 0 aliphatic carbocycles. The number of likely N-dealkylation sites (N-methyl/N-ethyl adjacent to an activating group) is 1. The lowest BCUT2D eigenvalue weighted by molar-refractivity contribution is 0.0900. The van der Waals surface area contributed by atoms with Crippen molar-refractivity contribution in [3.05, 3.63) is 24.0 Å². The summed E-state index contributed by atoms with van der Waals surface area (Å²) in [6, 6.07) is 1.82. The number of nitrogens with one attached hydrogen (secondary N) is 2. The van der Waals surface area contributed by atoms with Gasteiger partial charge in [0.15, 0.2) is 0 Å². The first-order chi connectivity index (χ1) is 10.1. The highest BCUT2D eigenvalue weighted by molar-refractivity contribution is 5.99. The topological polar surface area (TPSA) is 66.5 Å². The summed E-state index contributed by atoms with van der Waals surface area (Å²) >= 11 is 0. The van der Waals surface area contributed by atoms with Crippen LogP contribution in [0.5, 0.6) is 0 Å². The van der Waals surface area contributed by atoms with Gasteiger partial charge in [-0.1, -0.05) is 6.92 Å². The van der Waals surface area contributed by atoms with Crippen molar-refractivity contribution in [2.45, 2.75) is 13.3 Å². The smallest absolute Gasteiger partial charge is 0.255 e. The Kier molecular flexibility index (Phi) is 8.38. The fourth-order valence-electron chi connectivity index (χ4n) is 1.67. The van der Waals surface area contributed by atoms with Crippen LogP contribution in [0.1, 0.15) is 23.7 Å². The second-order valence-electron chi connectivity index (χ2n) is 5.02. The maximum atomic E-state index is 12.1. The number of carbonyl (C=O) groups excluding carboxylic acids is 1. The monoisotopic (exact) mass is 294 g/mol. The Morgan fingerprint density at radius 3 is 2.86 bits per heavy atom. The molecular weight excluding hydrogens is 268 g/mol. The predicted molar refractivity (Wildman–Crippen MR) is 84.7 cm³/mol. The van der Waals surface area contributed by atoms with Crippen molar-refractivity contribution in [2.24, 2.45) is 0 Å². The number of ether oxygens (including phenoxy) is 1. The molecule has 2 N–H and O–H groups in total. The van der Waals surface area contributed by atoms with E-state index in [0.29, 0.717) is 25.3 Å². The van der Waals surface area contributed by atoms with Gasteiger partial charge in [-0.05, 0) is 26.6 Å². The molecular formula is C15H26N4O2. The Balaban J connectivity index is 2.34. The van der Waals surface area contributed by atoms with Crippen LogP contribution in [0.25, 0.3) is 0 Å². The Labute approximate surface area is 126 Å². The summed E-state index contributed by atoms with van der Waals surface area (Å²) in [5, 5.41) is 6.08. The minimum atomic E-state index is -0.127. The Hall–Kier alpha value is -1.66. The molecule has 0 fully saturated rings. The molecule has 6 nitrogen and oxygen atoms in total. The lowest BCUT2D eigenvalue weighted by atomic mass is 10.2. The zero-order chi connectivity index (χ0) is 15.5. The number of nitrogens with zero attached hydrogens (tertiary/aromatic N) is 2. The fourth-order valence-corrected chi connectivity index (χ4v) is 1.67. The van der Waals surface area contributed by atoms with Crippen molar-refractivity contribution < 1.29 is 9.53 Å². The van der Waals surface area contributed by atoms with Gasteiger partial charge in [-0.15, -0.1) is 0 Å². The summed E-state index contributed by atoms with van der Waals surface area (Å²) in [6.07, 6.45) is 4.27. The summed E-state index contributed by atoms with van der Waals surface area (Å²) in [5.74, 6) is -0.127. The van der Waals surface area contributed by atoms with Crippen molar-refractivity contribution in [3.63, 3.8) is 0 Å². The molecule has 21 heavy (non-hydrogen) atoms. The number of hydrogen-bond acceptors (Lipinski definition) is 5. The molecule has 1 heterocycles. The second kappa shape index (κ2) is 10.1. The fraction of sp³-hybridized carbons (Fsp3) is 0.600. The zero-order valence-corrected chi connectivity index (χ0v) is 13.2. The quantitative estimate of drug-likeness (QED) is 0.635. The molecule has 0 saturated heterocycles. The molecule has 1 rings (SSSR count). The van der Waals surface area contributed by atoms with Gasteiger partial charge in [0.2, 0.25) is 0 Å². The normalized spacial score (nSPS) is 10.7. The van der Waals surface area contributed by atoms with E-state index in [-0.39, 0.29) is 5.91 Å². The highest BCUT2D eigenvalue weighted by Gasteiger charge is 2.10. The summed E-state index contributed by atoms with van der Waals surface area (Å²) in [7, 11) is 4.00. The largest absolute Gasteiger partial charge is 0.384 e. The van der Waals surface area contributed by atoms with E-state index < -0.39 is 0 Å². The van der Waals surface area contributed by atoms with Gasteiger partial charge in [-0.25, -0.2) is 0 Å². The van der Waals surface area contributed by atoms with Crippen LogP contribution in [0.15, 0.2) is 18.5 Å². The minimum Gasteiger partial charge on any atom is -0.384 e. The molecule has 1 aromatic rings. The molecule has 0 aromatic carbocycles. The molecule has 0 aliphatic heterocycles. The van der Waals surface area contributed by atoms with Crippen molar-refractivity contribution in [2.75, 3.05) is 52.3 Å². The molecule has 0 spiro atoms. The number of carbonyl (C=O) groups is 1. The Morgan fingerprint density at radius 2 is 2.14 bits per heavy atom. The lowest BCUT2D eigenvalue weighted by Gasteiger charge is -2.12. The van der Waals surface area contributed by atoms with Crippen LogP contribution in [0, 0.1) is 0 Å². The molecule has 0 unspecified atom stereocenters. The summed E-state index contributed by atoms with van der Waals surface area (Å²) < 4.78 is 5.44. The van der Waals surface area contributed by atoms with Crippen molar-refractivity contribution >= 4 is 11.6 Å². The van der Waals surface area contributed by atoms with E-state index in [1.807, 2.05) is 20.2 Å². The molecule has 1 amide bonds. The summed E-state index contributed by atoms with van der Waals surface area (Å²) in [6.45, 7) is 5.46. The van der Waals surface area contributed by atoms with Crippen LogP contribution >= 0.6 is 0 Å². The van der Waals surface area contributed by atoms with Gasteiger partial charge in [-0.2, -0.15) is 0 Å². The average molecular weight is 294 g/mol. The number of amides is 1. The second-order valence-corrected chi connectivity index (χ2v) is 5.02. The van der Waals surface area contributed by atoms with Crippen LogP contribution in [0.3, 0.4) is 0 Å². The Morgan fingerprint density at radius 1 is 1.33 bits per heavy atom. The van der Waals surface area contributed by atoms with Crippen LogP contribution < -0.4 is 10.6 Å². The average Bonchev–Trinajstić information content (AvgIpc) is 2.48. The minimum absolute atomic E-state index is 0.127. The maximum absolute atomic E-state index is 12.1. The van der Waals surface area contributed by atoms with Crippen LogP contribution in [-0.4, -0.2) is 62.7 Å². The van der Waals surface area contributed by atoms with Gasteiger partial charge in [-0.3, -0.25) is 9.78 Å². The number of hydrogen-bond donors (Lipinski definition) is 2. The van der Waals surface area contributed by atoms with Crippen LogP contribution in [0.4, 0.5) is 5.69 Å². The molecule has 0 aliphatic rings. The zero-order valence-electron chi connectivity index (χ0n) is 13.2. The van der Waals surface area contributed by atoms with E-state index in [0.717, 1.165) is 25.2 Å². The van der Waals surface area contributed by atoms with Gasteiger partial charge in [0.05, 0.1) is 24.5 Å². The Bertz CT molecular complexity index is 424. The van der Waals surface area contributed by atoms with E-state index in [1.54, 1.807) is 12.4 Å². The molecule has 0 radical (unpaired) electrons. The van der Waals surface area contributed by atoms with E-state index in [2.05, 4.69) is 27.4 Å². The SMILES string of the molecule is CCCNc1ccncc1C(=O)NCCOCCN(C)C. The number of rotatable bonds is 10. The molecule has 0 saturated carbocycles. The third kappa shape index (κ3) is 7.06.